The van der Waals surface area contributed by atoms with Gasteiger partial charge in [-0.05, 0) is 48.1 Å². The summed E-state index contributed by atoms with van der Waals surface area (Å²) in [6.45, 7) is 7.94. The second kappa shape index (κ2) is 6.57. The molecule has 1 fully saturated rings. The lowest BCUT2D eigenvalue weighted by molar-refractivity contribution is 0.0970. The molecule has 2 aromatic heterocycles. The van der Waals surface area contributed by atoms with Gasteiger partial charge in [0.2, 0.25) is 0 Å². The van der Waals surface area contributed by atoms with Crippen LogP contribution < -0.4 is 5.73 Å². The van der Waals surface area contributed by atoms with E-state index in [-0.39, 0.29) is 11.2 Å². The average molecular weight is 365 g/mol. The van der Waals surface area contributed by atoms with Gasteiger partial charge in [-0.3, -0.25) is 9.69 Å². The molecule has 3 N–H and O–H groups in total. The fraction of sp³-hybridized carbons (Fsp3) is 0.409. The van der Waals surface area contributed by atoms with Crippen molar-refractivity contribution >= 4 is 16.8 Å². The lowest BCUT2D eigenvalue weighted by Crippen LogP contribution is -2.26. The van der Waals surface area contributed by atoms with Crippen molar-refractivity contribution in [3.05, 3.63) is 59.2 Å². The van der Waals surface area contributed by atoms with Crippen molar-refractivity contribution in [2.75, 3.05) is 0 Å². The maximum atomic E-state index is 11.6. The topological polar surface area (TPSA) is 75.3 Å². The number of hydrogen-bond donors (Lipinski definition) is 2. The number of nitrogens with zero attached hydrogens (tertiary/aromatic N) is 1. The van der Waals surface area contributed by atoms with Gasteiger partial charge in [-0.15, -0.1) is 0 Å². The summed E-state index contributed by atoms with van der Waals surface area (Å²) in [5.74, 6) is 0.588. The van der Waals surface area contributed by atoms with E-state index in [0.717, 1.165) is 29.9 Å². The SMILES string of the molecule is CC(C)(C)c1oc(C(N)=O)cc1CN(Cc1ccc2[nH]ccc2c1)C1CC1. The Hall–Kier alpha value is -2.53. The number of carbonyl (C=O) groups excluding carboxylic acids is 1. The Labute approximate surface area is 159 Å². The molecule has 142 valence electrons. The predicted molar refractivity (Wildman–Crippen MR) is 106 cm³/mol. The largest absolute Gasteiger partial charge is 0.455 e. The van der Waals surface area contributed by atoms with Gasteiger partial charge < -0.3 is 15.1 Å². The zero-order chi connectivity index (χ0) is 19.2. The van der Waals surface area contributed by atoms with E-state index in [1.807, 2.05) is 12.3 Å². The third-order valence-electron chi connectivity index (χ3n) is 5.17. The Bertz CT molecular complexity index is 973. The molecule has 0 atom stereocenters. The summed E-state index contributed by atoms with van der Waals surface area (Å²) in [7, 11) is 0. The number of hydrogen-bond acceptors (Lipinski definition) is 3. The molecule has 3 aromatic rings. The maximum Gasteiger partial charge on any atom is 0.284 e. The summed E-state index contributed by atoms with van der Waals surface area (Å²) in [6, 6.07) is 11.1. The normalized spacial score (nSPS) is 15.0. The van der Waals surface area contributed by atoms with E-state index in [4.69, 9.17) is 10.2 Å². The van der Waals surface area contributed by atoms with Crippen LogP contribution in [0.4, 0.5) is 0 Å². The molecule has 1 aliphatic rings. The lowest BCUT2D eigenvalue weighted by Gasteiger charge is -2.24. The number of nitrogens with one attached hydrogen (secondary N) is 1. The van der Waals surface area contributed by atoms with E-state index in [1.165, 1.54) is 23.8 Å². The van der Waals surface area contributed by atoms with E-state index in [1.54, 1.807) is 0 Å². The van der Waals surface area contributed by atoms with Crippen LogP contribution in [0.1, 0.15) is 61.1 Å². The highest BCUT2D eigenvalue weighted by atomic mass is 16.4. The van der Waals surface area contributed by atoms with Gasteiger partial charge in [0, 0.05) is 41.8 Å². The minimum Gasteiger partial charge on any atom is -0.455 e. The fourth-order valence-electron chi connectivity index (χ4n) is 3.71. The van der Waals surface area contributed by atoms with Crippen molar-refractivity contribution in [2.45, 2.75) is 58.2 Å². The lowest BCUT2D eigenvalue weighted by atomic mass is 9.90. The van der Waals surface area contributed by atoms with E-state index < -0.39 is 5.91 Å². The fourth-order valence-corrected chi connectivity index (χ4v) is 3.71. The van der Waals surface area contributed by atoms with Gasteiger partial charge >= 0.3 is 0 Å². The highest BCUT2D eigenvalue weighted by Crippen LogP contribution is 2.34. The first kappa shape index (κ1) is 17.9. The van der Waals surface area contributed by atoms with Crippen LogP contribution in [0.15, 0.2) is 40.9 Å². The minimum absolute atomic E-state index is 0.178. The highest BCUT2D eigenvalue weighted by Gasteiger charge is 2.32. The molecule has 0 saturated heterocycles. The van der Waals surface area contributed by atoms with Crippen LogP contribution in [0.25, 0.3) is 10.9 Å². The molecule has 1 aliphatic carbocycles. The molecule has 0 aliphatic heterocycles. The summed E-state index contributed by atoms with van der Waals surface area (Å²) >= 11 is 0. The second-order valence-corrected chi connectivity index (χ2v) is 8.61. The van der Waals surface area contributed by atoms with E-state index >= 15 is 0 Å². The Kier molecular flexibility index (Phi) is 4.35. The molecule has 0 radical (unpaired) electrons. The van der Waals surface area contributed by atoms with Gasteiger partial charge in [-0.1, -0.05) is 26.8 Å². The van der Waals surface area contributed by atoms with Crippen LogP contribution in [0, 0.1) is 0 Å². The number of H-pyrrole nitrogens is 1. The van der Waals surface area contributed by atoms with Crippen LogP contribution in [-0.2, 0) is 18.5 Å². The first-order chi connectivity index (χ1) is 12.8. The van der Waals surface area contributed by atoms with E-state index in [2.05, 4.69) is 54.9 Å². The molecular weight excluding hydrogens is 338 g/mol. The summed E-state index contributed by atoms with van der Waals surface area (Å²) in [5.41, 5.74) is 8.80. The molecule has 5 nitrogen and oxygen atoms in total. The smallest absolute Gasteiger partial charge is 0.284 e. The number of benzene rings is 1. The highest BCUT2D eigenvalue weighted by molar-refractivity contribution is 5.90. The molecule has 1 aromatic carbocycles. The Balaban J connectivity index is 1.61. The zero-order valence-corrected chi connectivity index (χ0v) is 16.2. The number of rotatable bonds is 6. The van der Waals surface area contributed by atoms with Gasteiger partial charge in [0.05, 0.1) is 0 Å². The molecule has 4 rings (SSSR count). The summed E-state index contributed by atoms with van der Waals surface area (Å²) in [6.07, 6.45) is 4.41. The molecule has 27 heavy (non-hydrogen) atoms. The van der Waals surface area contributed by atoms with Gasteiger partial charge in [0.15, 0.2) is 5.76 Å². The molecular formula is C22H27N3O2. The first-order valence-corrected chi connectivity index (χ1v) is 9.54. The number of nitrogens with two attached hydrogens (primary N) is 1. The predicted octanol–water partition coefficient (Wildman–Crippen LogP) is 4.32. The number of furan rings is 1. The molecule has 0 unspecified atom stereocenters. The quantitative estimate of drug-likeness (QED) is 0.683. The number of amides is 1. The van der Waals surface area contributed by atoms with Crippen molar-refractivity contribution in [1.82, 2.24) is 9.88 Å². The standard InChI is InChI=1S/C22H27N3O2/c1-22(2,3)20-16(11-19(27-20)21(23)26)13-25(17-5-6-17)12-14-4-7-18-15(10-14)8-9-24-18/h4,7-11,17,24H,5-6,12-13H2,1-3H3,(H2,23,26). The van der Waals surface area contributed by atoms with Crippen molar-refractivity contribution in [3.63, 3.8) is 0 Å². The third-order valence-corrected chi connectivity index (χ3v) is 5.17. The van der Waals surface area contributed by atoms with Crippen molar-refractivity contribution in [2.24, 2.45) is 5.73 Å². The van der Waals surface area contributed by atoms with E-state index in [0.29, 0.717) is 6.04 Å². The number of fused-ring (bicyclic) bond motifs is 1. The van der Waals surface area contributed by atoms with Crippen LogP contribution in [-0.4, -0.2) is 21.8 Å². The molecule has 1 amide bonds. The Morgan fingerprint density at radius 3 is 2.67 bits per heavy atom. The van der Waals surface area contributed by atoms with Crippen molar-refractivity contribution < 1.29 is 9.21 Å². The van der Waals surface area contributed by atoms with Crippen LogP contribution in [0.2, 0.25) is 0 Å². The first-order valence-electron chi connectivity index (χ1n) is 9.54. The molecule has 1 saturated carbocycles. The van der Waals surface area contributed by atoms with Crippen molar-refractivity contribution in [3.8, 4) is 0 Å². The summed E-state index contributed by atoms with van der Waals surface area (Å²) < 4.78 is 5.83. The second-order valence-electron chi connectivity index (χ2n) is 8.61. The molecule has 0 spiro atoms. The molecule has 2 heterocycles. The third kappa shape index (κ3) is 3.78. The number of aromatic nitrogens is 1. The van der Waals surface area contributed by atoms with Crippen LogP contribution in [0.3, 0.4) is 0 Å². The number of aromatic amines is 1. The minimum atomic E-state index is -0.511. The van der Waals surface area contributed by atoms with Gasteiger partial charge in [0.25, 0.3) is 5.91 Å². The van der Waals surface area contributed by atoms with Crippen LogP contribution in [0.5, 0.6) is 0 Å². The monoisotopic (exact) mass is 365 g/mol. The van der Waals surface area contributed by atoms with Gasteiger partial charge in [-0.25, -0.2) is 0 Å². The maximum absolute atomic E-state index is 11.6. The zero-order valence-electron chi connectivity index (χ0n) is 16.2. The average Bonchev–Trinajstić information content (AvgIpc) is 3.17. The molecule has 5 heteroatoms. The Morgan fingerprint density at radius 1 is 1.22 bits per heavy atom. The van der Waals surface area contributed by atoms with Crippen molar-refractivity contribution in [1.29, 1.82) is 0 Å². The number of carbonyl (C=O) groups is 1. The summed E-state index contributed by atoms with van der Waals surface area (Å²) in [5, 5.41) is 1.23. The summed E-state index contributed by atoms with van der Waals surface area (Å²) in [4.78, 5) is 17.4. The van der Waals surface area contributed by atoms with Gasteiger partial charge in [0.1, 0.15) is 5.76 Å². The van der Waals surface area contributed by atoms with Gasteiger partial charge in [-0.2, -0.15) is 0 Å². The van der Waals surface area contributed by atoms with Crippen LogP contribution >= 0.6 is 0 Å². The Morgan fingerprint density at radius 2 is 2.00 bits per heavy atom. The van der Waals surface area contributed by atoms with E-state index in [9.17, 15) is 4.79 Å². The molecule has 0 bridgehead atoms. The number of primary amides is 1.